The number of amides is 1. The first-order valence-electron chi connectivity index (χ1n) is 10.7. The van der Waals surface area contributed by atoms with Crippen molar-refractivity contribution >= 4 is 11.7 Å². The maximum Gasteiger partial charge on any atom is 0.417 e. The van der Waals surface area contributed by atoms with Gasteiger partial charge in [0.1, 0.15) is 17.5 Å². The number of benzene rings is 1. The van der Waals surface area contributed by atoms with Gasteiger partial charge in [-0.05, 0) is 36.8 Å². The molecule has 1 aromatic carbocycles. The van der Waals surface area contributed by atoms with E-state index in [1.807, 2.05) is 23.2 Å². The van der Waals surface area contributed by atoms with Crippen LogP contribution in [0.5, 0.6) is 0 Å². The molecule has 1 N–H and O–H groups in total. The van der Waals surface area contributed by atoms with Gasteiger partial charge in [0.05, 0.1) is 11.1 Å². The molecule has 174 valence electrons. The summed E-state index contributed by atoms with van der Waals surface area (Å²) in [5, 5.41) is 0. The lowest BCUT2D eigenvalue weighted by Gasteiger charge is -2.35. The zero-order valence-electron chi connectivity index (χ0n) is 18.0. The predicted octanol–water partition coefficient (Wildman–Crippen LogP) is 4.54. The van der Waals surface area contributed by atoms with E-state index in [4.69, 9.17) is 0 Å². The number of hydrogen-bond donors (Lipinski definition) is 1. The fourth-order valence-corrected chi connectivity index (χ4v) is 3.86. The Balaban J connectivity index is 1.42. The van der Waals surface area contributed by atoms with Crippen molar-refractivity contribution in [2.24, 2.45) is 0 Å². The number of carbonyl (C=O) groups is 1. The van der Waals surface area contributed by atoms with Gasteiger partial charge in [-0.3, -0.25) is 4.79 Å². The molecule has 2 aromatic heterocycles. The second-order valence-corrected chi connectivity index (χ2v) is 7.88. The van der Waals surface area contributed by atoms with E-state index in [1.165, 1.54) is 4.90 Å². The van der Waals surface area contributed by atoms with Crippen molar-refractivity contribution in [2.45, 2.75) is 25.9 Å². The van der Waals surface area contributed by atoms with E-state index < -0.39 is 29.0 Å². The summed E-state index contributed by atoms with van der Waals surface area (Å²) in [6, 6.07) is 5.72. The number of aromatic amines is 1. The standard InChI is InChI=1S/C23H23F4N5O/c1-2-3-17-14-29-21(30-17)15-4-7-20(28-13-15)31-8-10-32(11-9-31)22(33)18-12-16(24)5-6-19(18)23(25,26)27/h4-7,12-14H,2-3,8-11H2,1H3,(H,29,30). The predicted molar refractivity (Wildman–Crippen MR) is 115 cm³/mol. The number of alkyl halides is 3. The molecular weight excluding hydrogens is 438 g/mol. The SMILES string of the molecule is CCCc1cnc(-c2ccc(N3CCN(C(=O)c4cc(F)ccc4C(F)(F)F)CC3)nc2)[nH]1. The van der Waals surface area contributed by atoms with Gasteiger partial charge >= 0.3 is 6.18 Å². The number of hydrogen-bond acceptors (Lipinski definition) is 4. The first-order valence-corrected chi connectivity index (χ1v) is 10.7. The van der Waals surface area contributed by atoms with Crippen molar-refractivity contribution in [3.05, 3.63) is 65.4 Å². The topological polar surface area (TPSA) is 65.1 Å². The van der Waals surface area contributed by atoms with E-state index in [2.05, 4.69) is 21.9 Å². The molecule has 0 spiro atoms. The van der Waals surface area contributed by atoms with Gasteiger partial charge < -0.3 is 14.8 Å². The number of H-pyrrole nitrogens is 1. The van der Waals surface area contributed by atoms with E-state index in [9.17, 15) is 22.4 Å². The van der Waals surface area contributed by atoms with Gasteiger partial charge in [-0.1, -0.05) is 13.3 Å². The molecule has 4 rings (SSSR count). The van der Waals surface area contributed by atoms with Crippen LogP contribution in [0.25, 0.3) is 11.4 Å². The lowest BCUT2D eigenvalue weighted by molar-refractivity contribution is -0.138. The summed E-state index contributed by atoms with van der Waals surface area (Å²) in [5.74, 6) is -0.269. The van der Waals surface area contributed by atoms with Gasteiger partial charge in [0.15, 0.2) is 0 Å². The first kappa shape index (κ1) is 22.8. The minimum Gasteiger partial charge on any atom is -0.353 e. The monoisotopic (exact) mass is 461 g/mol. The molecule has 10 heteroatoms. The number of pyridine rings is 1. The molecule has 0 atom stereocenters. The Kier molecular flexibility index (Phi) is 6.35. The number of aryl methyl sites for hydroxylation is 1. The molecule has 3 aromatic rings. The average Bonchev–Trinajstić information content (AvgIpc) is 3.27. The lowest BCUT2D eigenvalue weighted by atomic mass is 10.0. The first-order chi connectivity index (χ1) is 15.8. The smallest absolute Gasteiger partial charge is 0.353 e. The Labute approximate surface area is 188 Å². The minimum atomic E-state index is -4.74. The highest BCUT2D eigenvalue weighted by Crippen LogP contribution is 2.33. The number of carbonyl (C=O) groups excluding carboxylic acids is 1. The molecule has 1 aliphatic rings. The van der Waals surface area contributed by atoms with Gasteiger partial charge in [0.25, 0.3) is 5.91 Å². The number of aromatic nitrogens is 3. The summed E-state index contributed by atoms with van der Waals surface area (Å²) in [7, 11) is 0. The summed E-state index contributed by atoms with van der Waals surface area (Å²) < 4.78 is 53.4. The van der Waals surface area contributed by atoms with Crippen LogP contribution in [-0.4, -0.2) is 51.9 Å². The molecule has 33 heavy (non-hydrogen) atoms. The Morgan fingerprint density at radius 3 is 2.45 bits per heavy atom. The van der Waals surface area contributed by atoms with E-state index >= 15 is 0 Å². The van der Waals surface area contributed by atoms with Gasteiger partial charge in [0, 0.05) is 49.8 Å². The molecule has 0 radical (unpaired) electrons. The lowest BCUT2D eigenvalue weighted by Crippen LogP contribution is -2.49. The van der Waals surface area contributed by atoms with Crippen LogP contribution < -0.4 is 4.90 Å². The number of nitrogens with one attached hydrogen (secondary N) is 1. The van der Waals surface area contributed by atoms with Gasteiger partial charge in [0.2, 0.25) is 0 Å². The Morgan fingerprint density at radius 2 is 1.82 bits per heavy atom. The zero-order valence-corrected chi connectivity index (χ0v) is 18.0. The molecule has 1 saturated heterocycles. The van der Waals surface area contributed by atoms with Gasteiger partial charge in [-0.2, -0.15) is 13.2 Å². The van der Waals surface area contributed by atoms with Crippen LogP contribution in [0, 0.1) is 5.82 Å². The van der Waals surface area contributed by atoms with Crippen LogP contribution in [0.4, 0.5) is 23.4 Å². The van der Waals surface area contributed by atoms with E-state index in [0.29, 0.717) is 37.1 Å². The maximum absolute atomic E-state index is 13.6. The van der Waals surface area contributed by atoms with Crippen LogP contribution in [0.15, 0.2) is 42.7 Å². The summed E-state index contributed by atoms with van der Waals surface area (Å²) >= 11 is 0. The van der Waals surface area contributed by atoms with Crippen molar-refractivity contribution in [1.82, 2.24) is 19.9 Å². The molecule has 1 fully saturated rings. The Hall–Kier alpha value is -3.43. The average molecular weight is 461 g/mol. The summed E-state index contributed by atoms with van der Waals surface area (Å²) in [4.78, 5) is 28.1. The molecule has 1 aliphatic heterocycles. The number of halogens is 4. The van der Waals surface area contributed by atoms with Crippen LogP contribution in [0.2, 0.25) is 0 Å². The molecule has 0 bridgehead atoms. The van der Waals surface area contributed by atoms with Gasteiger partial charge in [-0.25, -0.2) is 14.4 Å². The van der Waals surface area contributed by atoms with Crippen LogP contribution >= 0.6 is 0 Å². The van der Waals surface area contributed by atoms with Crippen molar-refractivity contribution in [2.75, 3.05) is 31.1 Å². The van der Waals surface area contributed by atoms with Crippen molar-refractivity contribution in [3.8, 4) is 11.4 Å². The molecule has 0 aliphatic carbocycles. The number of piperazine rings is 1. The highest BCUT2D eigenvalue weighted by molar-refractivity contribution is 5.96. The third-order valence-electron chi connectivity index (χ3n) is 5.58. The second kappa shape index (κ2) is 9.21. The summed E-state index contributed by atoms with van der Waals surface area (Å²) in [6.07, 6.45) is 0.721. The van der Waals surface area contributed by atoms with Crippen molar-refractivity contribution in [3.63, 3.8) is 0 Å². The van der Waals surface area contributed by atoms with Gasteiger partial charge in [-0.15, -0.1) is 0 Å². The largest absolute Gasteiger partial charge is 0.417 e. The third kappa shape index (κ3) is 4.99. The highest BCUT2D eigenvalue weighted by Gasteiger charge is 2.37. The molecular formula is C23H23F4N5O. The molecule has 0 saturated carbocycles. The van der Waals surface area contributed by atoms with Crippen LogP contribution in [0.3, 0.4) is 0 Å². The second-order valence-electron chi connectivity index (χ2n) is 7.88. The van der Waals surface area contributed by atoms with Crippen molar-refractivity contribution < 1.29 is 22.4 Å². The molecule has 0 unspecified atom stereocenters. The van der Waals surface area contributed by atoms with Crippen LogP contribution in [-0.2, 0) is 12.6 Å². The maximum atomic E-state index is 13.6. The zero-order chi connectivity index (χ0) is 23.6. The fourth-order valence-electron chi connectivity index (χ4n) is 3.86. The normalized spacial score (nSPS) is 14.6. The van der Waals surface area contributed by atoms with E-state index in [0.717, 1.165) is 29.9 Å². The Bertz CT molecular complexity index is 1120. The van der Waals surface area contributed by atoms with E-state index in [-0.39, 0.29) is 13.1 Å². The van der Waals surface area contributed by atoms with E-state index in [1.54, 1.807) is 6.20 Å². The third-order valence-corrected chi connectivity index (χ3v) is 5.58. The molecule has 6 nitrogen and oxygen atoms in total. The molecule has 3 heterocycles. The fraction of sp³-hybridized carbons (Fsp3) is 0.348. The summed E-state index contributed by atoms with van der Waals surface area (Å²) in [5.41, 5.74) is 0.109. The van der Waals surface area contributed by atoms with Crippen LogP contribution in [0.1, 0.15) is 35.0 Å². The number of anilines is 1. The van der Waals surface area contributed by atoms with Crippen molar-refractivity contribution in [1.29, 1.82) is 0 Å². The quantitative estimate of drug-likeness (QED) is 0.567. The Morgan fingerprint density at radius 1 is 1.06 bits per heavy atom. The highest BCUT2D eigenvalue weighted by atomic mass is 19.4. The summed E-state index contributed by atoms with van der Waals surface area (Å²) in [6.45, 7) is 3.30. The number of imidazole rings is 1. The minimum absolute atomic E-state index is 0.203. The number of rotatable bonds is 5. The number of nitrogens with zero attached hydrogens (tertiary/aromatic N) is 4. The molecule has 1 amide bonds.